The summed E-state index contributed by atoms with van der Waals surface area (Å²) in [6.45, 7) is 1.10. The Hall–Kier alpha value is -1.88. The van der Waals surface area contributed by atoms with Gasteiger partial charge in [-0.05, 0) is 43.2 Å². The van der Waals surface area contributed by atoms with Gasteiger partial charge in [0.05, 0.1) is 6.54 Å². The minimum Gasteiger partial charge on any atom is -0.354 e. The molecule has 5 nitrogen and oxygen atoms in total. The van der Waals surface area contributed by atoms with Gasteiger partial charge in [0.1, 0.15) is 6.04 Å². The molecular weight excluding hydrogens is 290 g/mol. The number of carbonyl (C=O) groups excluding carboxylic acids is 2. The number of benzene rings is 1. The van der Waals surface area contributed by atoms with Gasteiger partial charge in [-0.15, -0.1) is 0 Å². The predicted molar refractivity (Wildman–Crippen MR) is 86.7 cm³/mol. The Morgan fingerprint density at radius 2 is 1.83 bits per heavy atom. The van der Waals surface area contributed by atoms with Crippen LogP contribution in [0, 0.1) is 0 Å². The molecule has 2 amide bonds. The summed E-state index contributed by atoms with van der Waals surface area (Å²) >= 11 is 0. The number of amides is 2. The van der Waals surface area contributed by atoms with Crippen LogP contribution < -0.4 is 10.6 Å². The number of nitrogens with one attached hydrogen (secondary N) is 2. The Balaban J connectivity index is 1.41. The van der Waals surface area contributed by atoms with Crippen LogP contribution in [-0.2, 0) is 9.59 Å². The smallest absolute Gasteiger partial charge is 0.242 e. The van der Waals surface area contributed by atoms with Crippen LogP contribution in [0.2, 0.25) is 0 Å². The summed E-state index contributed by atoms with van der Waals surface area (Å²) in [6.07, 6.45) is 4.95. The first kappa shape index (κ1) is 14.7. The lowest BCUT2D eigenvalue weighted by atomic mass is 9.92. The van der Waals surface area contributed by atoms with Crippen molar-refractivity contribution in [2.75, 3.05) is 13.1 Å². The fourth-order valence-corrected chi connectivity index (χ4v) is 4.35. The van der Waals surface area contributed by atoms with E-state index in [1.54, 1.807) is 0 Å². The van der Waals surface area contributed by atoms with Gasteiger partial charge in [-0.1, -0.05) is 24.3 Å². The summed E-state index contributed by atoms with van der Waals surface area (Å²) in [7, 11) is 0. The van der Waals surface area contributed by atoms with E-state index in [1.807, 2.05) is 0 Å². The van der Waals surface area contributed by atoms with Crippen LogP contribution in [0.3, 0.4) is 0 Å². The standard InChI is InChI=1S/C18H23N3O2/c22-17(20-14-7-3-4-10-19-18(14)23)11-21-15-8-9-16(21)13-6-2-1-5-12(13)15/h1-2,5-6,14-16H,3-4,7-11H2,(H,19,23)(H,20,22)/t14-,15+,16+/m1/s1. The van der Waals surface area contributed by atoms with E-state index >= 15 is 0 Å². The molecule has 122 valence electrons. The SMILES string of the molecule is O=C(CN1[C@H]2CC[C@H]1c1ccccc12)N[C@@H]1CCCCNC1=O. The van der Waals surface area contributed by atoms with Gasteiger partial charge in [0.2, 0.25) is 11.8 Å². The highest BCUT2D eigenvalue weighted by molar-refractivity contribution is 5.88. The van der Waals surface area contributed by atoms with Crippen LogP contribution in [0.15, 0.2) is 24.3 Å². The number of carbonyl (C=O) groups is 2. The summed E-state index contributed by atoms with van der Waals surface area (Å²) in [5, 5.41) is 5.81. The van der Waals surface area contributed by atoms with Crippen LogP contribution in [0.25, 0.3) is 0 Å². The van der Waals surface area contributed by atoms with Crippen molar-refractivity contribution >= 4 is 11.8 Å². The average Bonchev–Trinajstić information content (AvgIpc) is 3.01. The zero-order valence-corrected chi connectivity index (χ0v) is 13.3. The first-order chi connectivity index (χ1) is 11.2. The monoisotopic (exact) mass is 313 g/mol. The second kappa shape index (κ2) is 5.96. The van der Waals surface area contributed by atoms with Gasteiger partial charge in [-0.3, -0.25) is 14.5 Å². The highest BCUT2D eigenvalue weighted by atomic mass is 16.2. The molecule has 0 saturated carbocycles. The minimum absolute atomic E-state index is 0.0308. The van der Waals surface area contributed by atoms with Crippen molar-refractivity contribution in [3.8, 4) is 0 Å². The molecule has 2 fully saturated rings. The molecule has 2 N–H and O–H groups in total. The van der Waals surface area contributed by atoms with Crippen molar-refractivity contribution in [1.82, 2.24) is 15.5 Å². The largest absolute Gasteiger partial charge is 0.354 e. The topological polar surface area (TPSA) is 61.4 Å². The molecule has 5 heteroatoms. The molecule has 23 heavy (non-hydrogen) atoms. The van der Waals surface area contributed by atoms with Crippen molar-refractivity contribution in [3.63, 3.8) is 0 Å². The Morgan fingerprint density at radius 1 is 1.13 bits per heavy atom. The fourth-order valence-electron chi connectivity index (χ4n) is 4.35. The lowest BCUT2D eigenvalue weighted by molar-refractivity contribution is -0.129. The molecule has 3 atom stereocenters. The van der Waals surface area contributed by atoms with E-state index < -0.39 is 0 Å². The zero-order valence-electron chi connectivity index (χ0n) is 13.3. The first-order valence-electron chi connectivity index (χ1n) is 8.65. The number of nitrogens with zero attached hydrogens (tertiary/aromatic N) is 1. The molecule has 2 saturated heterocycles. The second-order valence-electron chi connectivity index (χ2n) is 6.82. The van der Waals surface area contributed by atoms with E-state index in [0.29, 0.717) is 18.6 Å². The molecular formula is C18H23N3O2. The second-order valence-corrected chi connectivity index (χ2v) is 6.82. The van der Waals surface area contributed by atoms with Gasteiger partial charge in [-0.25, -0.2) is 0 Å². The zero-order chi connectivity index (χ0) is 15.8. The highest BCUT2D eigenvalue weighted by Gasteiger charge is 2.44. The van der Waals surface area contributed by atoms with Crippen LogP contribution in [0.5, 0.6) is 0 Å². The number of hydrogen-bond donors (Lipinski definition) is 2. The van der Waals surface area contributed by atoms with Crippen LogP contribution in [0.1, 0.15) is 55.3 Å². The third kappa shape index (κ3) is 2.63. The van der Waals surface area contributed by atoms with Crippen LogP contribution in [-0.4, -0.2) is 35.8 Å². The minimum atomic E-state index is -0.368. The molecule has 0 radical (unpaired) electrons. The fraction of sp³-hybridized carbons (Fsp3) is 0.556. The molecule has 1 aromatic rings. The van der Waals surface area contributed by atoms with Gasteiger partial charge in [0.25, 0.3) is 0 Å². The van der Waals surface area contributed by atoms with Crippen molar-refractivity contribution in [2.24, 2.45) is 0 Å². The molecule has 0 aliphatic carbocycles. The van der Waals surface area contributed by atoms with Gasteiger partial charge in [0.15, 0.2) is 0 Å². The van der Waals surface area contributed by atoms with Gasteiger partial charge in [-0.2, -0.15) is 0 Å². The van der Waals surface area contributed by atoms with E-state index in [-0.39, 0.29) is 17.9 Å². The lowest BCUT2D eigenvalue weighted by Crippen LogP contribution is -2.48. The predicted octanol–water partition coefficient (Wildman–Crippen LogP) is 1.66. The average molecular weight is 313 g/mol. The summed E-state index contributed by atoms with van der Waals surface area (Å²) in [4.78, 5) is 26.7. The van der Waals surface area contributed by atoms with Crippen molar-refractivity contribution < 1.29 is 9.59 Å². The molecule has 1 aromatic carbocycles. The van der Waals surface area contributed by atoms with Crippen molar-refractivity contribution in [3.05, 3.63) is 35.4 Å². The summed E-state index contributed by atoms with van der Waals surface area (Å²) in [5.74, 6) is -0.0692. The molecule has 4 rings (SSSR count). The molecule has 0 spiro atoms. The van der Waals surface area contributed by atoms with Gasteiger partial charge in [0, 0.05) is 18.6 Å². The van der Waals surface area contributed by atoms with Gasteiger partial charge >= 0.3 is 0 Å². The van der Waals surface area contributed by atoms with Crippen molar-refractivity contribution in [2.45, 2.75) is 50.2 Å². The quantitative estimate of drug-likeness (QED) is 0.892. The highest BCUT2D eigenvalue weighted by Crippen LogP contribution is 2.52. The lowest BCUT2D eigenvalue weighted by Gasteiger charge is -2.23. The first-order valence-corrected chi connectivity index (χ1v) is 8.65. The van der Waals surface area contributed by atoms with Crippen LogP contribution >= 0.6 is 0 Å². The van der Waals surface area contributed by atoms with E-state index in [2.05, 4.69) is 39.8 Å². The van der Waals surface area contributed by atoms with E-state index in [9.17, 15) is 9.59 Å². The Labute approximate surface area is 136 Å². The Morgan fingerprint density at radius 3 is 2.52 bits per heavy atom. The van der Waals surface area contributed by atoms with E-state index in [4.69, 9.17) is 0 Å². The van der Waals surface area contributed by atoms with Crippen molar-refractivity contribution in [1.29, 1.82) is 0 Å². The maximum atomic E-state index is 12.5. The molecule has 2 bridgehead atoms. The maximum Gasteiger partial charge on any atom is 0.242 e. The van der Waals surface area contributed by atoms with E-state index in [1.165, 1.54) is 11.1 Å². The number of rotatable bonds is 3. The third-order valence-electron chi connectivity index (χ3n) is 5.42. The molecule has 0 aromatic heterocycles. The molecule has 3 heterocycles. The van der Waals surface area contributed by atoms with Gasteiger partial charge < -0.3 is 10.6 Å². The maximum absolute atomic E-state index is 12.5. The molecule has 3 aliphatic heterocycles. The molecule has 0 unspecified atom stereocenters. The normalized spacial score (nSPS) is 29.7. The molecule has 3 aliphatic rings. The third-order valence-corrected chi connectivity index (χ3v) is 5.42. The Kier molecular flexibility index (Phi) is 3.81. The number of hydrogen-bond acceptors (Lipinski definition) is 3. The summed E-state index contributed by atoms with van der Waals surface area (Å²) < 4.78 is 0. The van der Waals surface area contributed by atoms with E-state index in [0.717, 1.165) is 38.6 Å². The Bertz CT molecular complexity index is 599. The summed E-state index contributed by atoms with van der Waals surface area (Å²) in [5.41, 5.74) is 2.76. The number of fused-ring (bicyclic) bond motifs is 5. The van der Waals surface area contributed by atoms with Crippen LogP contribution in [0.4, 0.5) is 0 Å². The summed E-state index contributed by atoms with van der Waals surface area (Å²) in [6, 6.07) is 8.88.